The number of amidine groups is 1. The van der Waals surface area contributed by atoms with Gasteiger partial charge in [0.15, 0.2) is 0 Å². The maximum atomic E-state index is 4.93. The summed E-state index contributed by atoms with van der Waals surface area (Å²) in [5.41, 5.74) is 5.61. The topological polar surface area (TPSA) is 45.0 Å². The van der Waals surface area contributed by atoms with Gasteiger partial charge in [-0.3, -0.25) is 0 Å². The number of hydrazone groups is 1. The molecule has 0 aliphatic carbocycles. The van der Waals surface area contributed by atoms with E-state index in [1.54, 1.807) is 11.3 Å². The highest BCUT2D eigenvalue weighted by Gasteiger charge is 2.33. The second-order valence-corrected chi connectivity index (χ2v) is 9.63. The average molecular weight is 531 g/mol. The molecule has 5 nitrogen and oxygen atoms in total. The third-order valence-electron chi connectivity index (χ3n) is 6.00. The number of fused-ring (bicyclic) bond motifs is 1. The molecule has 2 heterocycles. The van der Waals surface area contributed by atoms with Crippen molar-refractivity contribution in [2.45, 2.75) is 77.6 Å². The number of unbranched alkanes of at least 4 members (excludes halogenated alkanes) is 9. The number of rotatable bonds is 13. The number of thiazole rings is 1. The Bertz CT molecular complexity index is 958. The minimum absolute atomic E-state index is 0. The Balaban J connectivity index is 0.00000306. The van der Waals surface area contributed by atoms with Crippen molar-refractivity contribution in [3.63, 3.8) is 0 Å². The second-order valence-electron chi connectivity index (χ2n) is 8.60. The molecule has 3 aromatic rings. The van der Waals surface area contributed by atoms with Crippen molar-refractivity contribution in [2.24, 2.45) is 5.10 Å². The molecule has 0 saturated heterocycles. The van der Waals surface area contributed by atoms with Gasteiger partial charge in [-0.2, -0.15) is 4.98 Å². The normalized spacial score (nSPS) is 15.6. The molecule has 33 heavy (non-hydrogen) atoms. The smallest absolute Gasteiger partial charge is 0.313 e. The molecule has 0 radical (unpaired) electrons. The molecule has 178 valence electrons. The highest BCUT2D eigenvalue weighted by molar-refractivity contribution is 7.21. The fraction of sp³-hybridized carbons (Fsp3) is 0.462. The third kappa shape index (κ3) is 7.34. The number of nitrogens with one attached hydrogen (secondary N) is 2. The predicted molar refractivity (Wildman–Crippen MR) is 136 cm³/mol. The monoisotopic (exact) mass is 529 g/mol. The zero-order valence-electron chi connectivity index (χ0n) is 19.6. The fourth-order valence-corrected chi connectivity index (χ4v) is 5.15. The van der Waals surface area contributed by atoms with Gasteiger partial charge in [0.2, 0.25) is 5.84 Å². The lowest BCUT2D eigenvalue weighted by molar-refractivity contribution is -0.780. The van der Waals surface area contributed by atoms with E-state index in [1.807, 2.05) is 29.4 Å². The van der Waals surface area contributed by atoms with Crippen LogP contribution in [0.3, 0.4) is 0 Å². The number of benzene rings is 2. The summed E-state index contributed by atoms with van der Waals surface area (Å²) in [6.45, 7) is 2.28. The van der Waals surface area contributed by atoms with Crippen molar-refractivity contribution in [3.8, 4) is 0 Å². The van der Waals surface area contributed by atoms with Crippen LogP contribution in [0.15, 0.2) is 59.7 Å². The number of anilines is 1. The van der Waals surface area contributed by atoms with E-state index in [2.05, 4.69) is 42.8 Å². The number of aromatic nitrogens is 1. The number of hydrazine groups is 1. The zero-order chi connectivity index (χ0) is 22.0. The van der Waals surface area contributed by atoms with Gasteiger partial charge in [-0.25, -0.2) is 0 Å². The Morgan fingerprint density at radius 2 is 1.45 bits per heavy atom. The first kappa shape index (κ1) is 25.8. The van der Waals surface area contributed by atoms with Gasteiger partial charge in [0.1, 0.15) is 0 Å². The molecular formula is C26H36BrN5S. The van der Waals surface area contributed by atoms with E-state index in [1.165, 1.54) is 68.9 Å². The zero-order valence-corrected chi connectivity index (χ0v) is 22.0. The van der Waals surface area contributed by atoms with E-state index in [9.17, 15) is 0 Å². The summed E-state index contributed by atoms with van der Waals surface area (Å²) in [4.78, 5) is 4.88. The molecular weight excluding hydrogens is 494 g/mol. The van der Waals surface area contributed by atoms with Gasteiger partial charge in [0.05, 0.1) is 15.9 Å². The number of hydrogen-bond donors (Lipinski definition) is 2. The van der Waals surface area contributed by atoms with Crippen molar-refractivity contribution in [1.82, 2.24) is 10.5 Å². The van der Waals surface area contributed by atoms with Gasteiger partial charge in [0.25, 0.3) is 0 Å². The first-order valence-electron chi connectivity index (χ1n) is 12.3. The molecule has 0 saturated carbocycles. The lowest BCUT2D eigenvalue weighted by Crippen LogP contribution is -3.15. The first-order chi connectivity index (χ1) is 15.8. The SMILES string of the molecule is CCCCCCCCCCCCC1=NN(c2ccccc2)N[NH+]1c1nc2ccccc2s1.[Br-]. The molecule has 0 fully saturated rings. The molecule has 0 bridgehead atoms. The van der Waals surface area contributed by atoms with Crippen LogP contribution in [0.2, 0.25) is 0 Å². The Kier molecular flexibility index (Phi) is 10.8. The first-order valence-corrected chi connectivity index (χ1v) is 13.1. The van der Waals surface area contributed by atoms with Crippen LogP contribution in [0.25, 0.3) is 10.2 Å². The van der Waals surface area contributed by atoms with E-state index in [-0.39, 0.29) is 17.0 Å². The minimum atomic E-state index is 0. The van der Waals surface area contributed by atoms with Gasteiger partial charge >= 0.3 is 5.13 Å². The maximum Gasteiger partial charge on any atom is 0.313 e. The highest BCUT2D eigenvalue weighted by Crippen LogP contribution is 2.24. The van der Waals surface area contributed by atoms with E-state index in [0.717, 1.165) is 33.6 Å². The van der Waals surface area contributed by atoms with Crippen LogP contribution in [-0.4, -0.2) is 10.8 Å². The van der Waals surface area contributed by atoms with Crippen LogP contribution in [0.4, 0.5) is 10.8 Å². The lowest BCUT2D eigenvalue weighted by Gasteiger charge is -2.14. The molecule has 7 heteroatoms. The number of nitrogens with zero attached hydrogens (tertiary/aromatic N) is 3. The summed E-state index contributed by atoms with van der Waals surface area (Å²) < 4.78 is 1.22. The molecule has 2 N–H and O–H groups in total. The van der Waals surface area contributed by atoms with Crippen LogP contribution in [0.5, 0.6) is 0 Å². The third-order valence-corrected chi connectivity index (χ3v) is 7.06. The largest absolute Gasteiger partial charge is 1.00 e. The number of hydrogen-bond acceptors (Lipinski definition) is 5. The number of para-hydroxylation sites is 2. The van der Waals surface area contributed by atoms with Crippen molar-refractivity contribution in [3.05, 3.63) is 54.6 Å². The highest BCUT2D eigenvalue weighted by atomic mass is 79.9. The summed E-state index contributed by atoms with van der Waals surface area (Å²) in [6.07, 6.45) is 14.4. The van der Waals surface area contributed by atoms with Gasteiger partial charge in [-0.1, -0.05) is 111 Å². The summed E-state index contributed by atoms with van der Waals surface area (Å²) in [6, 6.07) is 18.6. The Morgan fingerprint density at radius 1 is 0.818 bits per heavy atom. The Labute approximate surface area is 212 Å². The van der Waals surface area contributed by atoms with E-state index in [0.29, 0.717) is 0 Å². The van der Waals surface area contributed by atoms with Crippen molar-refractivity contribution in [1.29, 1.82) is 0 Å². The molecule has 0 amide bonds. The molecule has 1 atom stereocenters. The molecule has 4 rings (SSSR count). The predicted octanol–water partition coefficient (Wildman–Crippen LogP) is 3.38. The molecule has 1 aliphatic heterocycles. The molecule has 0 spiro atoms. The minimum Gasteiger partial charge on any atom is -1.00 e. The Morgan fingerprint density at radius 3 is 2.15 bits per heavy atom. The standard InChI is InChI=1S/C26H35N5S.BrH/c1-2-3-4-5-6-7-8-9-10-14-21-25-28-31(22-17-12-11-13-18-22)29-30(25)26-27-23-19-15-16-20-24(23)32-26;/h11-13,15-20,29H,2-10,14,21H2,1H3;1H. The van der Waals surface area contributed by atoms with E-state index >= 15 is 0 Å². The van der Waals surface area contributed by atoms with Gasteiger partial charge < -0.3 is 17.0 Å². The maximum absolute atomic E-state index is 4.93. The summed E-state index contributed by atoms with van der Waals surface area (Å²) >= 11 is 1.74. The second kappa shape index (κ2) is 13.8. The van der Waals surface area contributed by atoms with Gasteiger partial charge in [0, 0.05) is 6.42 Å². The van der Waals surface area contributed by atoms with Crippen molar-refractivity contribution < 1.29 is 22.0 Å². The average Bonchev–Trinajstić information content (AvgIpc) is 3.45. The van der Waals surface area contributed by atoms with Crippen LogP contribution >= 0.6 is 11.3 Å². The van der Waals surface area contributed by atoms with Crippen LogP contribution in [0.1, 0.15) is 77.6 Å². The molecule has 2 aromatic carbocycles. The summed E-state index contributed by atoms with van der Waals surface area (Å²) in [5.74, 6) is 1.12. The molecule has 1 unspecified atom stereocenters. The van der Waals surface area contributed by atoms with Crippen LogP contribution in [0, 0.1) is 0 Å². The number of halogens is 1. The van der Waals surface area contributed by atoms with Gasteiger partial charge in [-0.05, 0) is 36.2 Å². The lowest BCUT2D eigenvalue weighted by atomic mass is 10.1. The van der Waals surface area contributed by atoms with Crippen molar-refractivity contribution in [2.75, 3.05) is 5.12 Å². The molecule has 1 aliphatic rings. The summed E-state index contributed by atoms with van der Waals surface area (Å²) in [7, 11) is 0. The Hall–Kier alpha value is -1.80. The quantitative estimate of drug-likeness (QED) is 0.333. The van der Waals surface area contributed by atoms with E-state index < -0.39 is 0 Å². The summed E-state index contributed by atoms with van der Waals surface area (Å²) in [5, 5.41) is 8.91. The molecule has 1 aromatic heterocycles. The number of quaternary nitrogens is 1. The van der Waals surface area contributed by atoms with Crippen LogP contribution in [-0.2, 0) is 0 Å². The van der Waals surface area contributed by atoms with Gasteiger partial charge in [-0.15, -0.1) is 10.1 Å². The fourth-order valence-electron chi connectivity index (χ4n) is 4.16. The van der Waals surface area contributed by atoms with Crippen LogP contribution < -0.4 is 32.6 Å². The van der Waals surface area contributed by atoms with E-state index in [4.69, 9.17) is 10.1 Å². The van der Waals surface area contributed by atoms with Crippen molar-refractivity contribution >= 4 is 38.2 Å².